The number of nitrogens with one attached hydrogen (secondary N) is 2. The molecule has 0 aliphatic heterocycles. The van der Waals surface area contributed by atoms with Crippen molar-refractivity contribution in [3.63, 3.8) is 0 Å². The molecule has 1 aromatic carbocycles. The average molecular weight is 379 g/mol. The number of furan rings is 1. The highest BCUT2D eigenvalue weighted by atomic mass is 35.5. The van der Waals surface area contributed by atoms with E-state index in [1.165, 1.54) is 24.6 Å². The Morgan fingerprint density at radius 1 is 1.27 bits per heavy atom. The van der Waals surface area contributed by atoms with Gasteiger partial charge < -0.3 is 20.2 Å². The SMILES string of the molecule is NC(=O)COc1ccc(/C=N\NC(=O)C(=O)NCc2ccco2)cc1Cl. The summed E-state index contributed by atoms with van der Waals surface area (Å²) < 4.78 is 10.1. The first-order valence-corrected chi connectivity index (χ1v) is 7.68. The predicted molar refractivity (Wildman–Crippen MR) is 92.4 cm³/mol. The van der Waals surface area contributed by atoms with Crippen molar-refractivity contribution in [3.8, 4) is 5.75 Å². The Kier molecular flexibility index (Phi) is 6.75. The minimum absolute atomic E-state index is 0.0886. The topological polar surface area (TPSA) is 136 Å². The first kappa shape index (κ1) is 19.0. The standard InChI is InChI=1S/C16H15ClN4O5/c17-12-6-10(3-4-13(12)26-9-14(18)22)7-20-21-16(24)15(23)19-8-11-2-1-5-25-11/h1-7H,8-9H2,(H2,18,22)(H,19,23)(H,21,24)/b20-7-. The molecule has 0 aliphatic carbocycles. The molecule has 2 aromatic rings. The Balaban J connectivity index is 1.83. The molecule has 0 radical (unpaired) electrons. The molecular weight excluding hydrogens is 364 g/mol. The molecule has 0 unspecified atom stereocenters. The van der Waals surface area contributed by atoms with Crippen LogP contribution in [-0.4, -0.2) is 30.5 Å². The van der Waals surface area contributed by atoms with Crippen molar-refractivity contribution < 1.29 is 23.5 Å². The molecule has 1 heterocycles. The van der Waals surface area contributed by atoms with Crippen molar-refractivity contribution in [2.24, 2.45) is 10.8 Å². The molecule has 9 nitrogen and oxygen atoms in total. The third-order valence-electron chi connectivity index (χ3n) is 2.92. The number of nitrogens with two attached hydrogens (primary N) is 1. The number of primary amides is 1. The third kappa shape index (κ3) is 5.95. The highest BCUT2D eigenvalue weighted by molar-refractivity contribution is 6.35. The van der Waals surface area contributed by atoms with Gasteiger partial charge >= 0.3 is 11.8 Å². The molecule has 2 rings (SSSR count). The fourth-order valence-electron chi connectivity index (χ4n) is 1.74. The van der Waals surface area contributed by atoms with Crippen LogP contribution in [-0.2, 0) is 20.9 Å². The van der Waals surface area contributed by atoms with E-state index in [-0.39, 0.29) is 23.9 Å². The third-order valence-corrected chi connectivity index (χ3v) is 3.21. The van der Waals surface area contributed by atoms with Crippen LogP contribution in [0.25, 0.3) is 0 Å². The summed E-state index contributed by atoms with van der Waals surface area (Å²) in [4.78, 5) is 33.9. The fraction of sp³-hybridized carbons (Fsp3) is 0.125. The van der Waals surface area contributed by atoms with Crippen molar-refractivity contribution >= 4 is 35.5 Å². The summed E-state index contributed by atoms with van der Waals surface area (Å²) in [6.07, 6.45) is 2.75. The van der Waals surface area contributed by atoms with Crippen molar-refractivity contribution in [2.75, 3.05) is 6.61 Å². The lowest BCUT2D eigenvalue weighted by molar-refractivity contribution is -0.139. The second-order valence-electron chi connectivity index (χ2n) is 4.91. The lowest BCUT2D eigenvalue weighted by Gasteiger charge is -2.06. The van der Waals surface area contributed by atoms with Gasteiger partial charge in [-0.3, -0.25) is 14.4 Å². The summed E-state index contributed by atoms with van der Waals surface area (Å²) in [5, 5.41) is 6.28. The quantitative estimate of drug-likeness (QED) is 0.367. The minimum atomic E-state index is -0.930. The summed E-state index contributed by atoms with van der Waals surface area (Å²) in [7, 11) is 0. The number of halogens is 1. The van der Waals surface area contributed by atoms with Gasteiger partial charge in [-0.15, -0.1) is 0 Å². The smallest absolute Gasteiger partial charge is 0.329 e. The van der Waals surface area contributed by atoms with E-state index >= 15 is 0 Å². The van der Waals surface area contributed by atoms with Crippen LogP contribution >= 0.6 is 11.6 Å². The Bertz CT molecular complexity index is 820. The van der Waals surface area contributed by atoms with Gasteiger partial charge in [0.1, 0.15) is 11.5 Å². The van der Waals surface area contributed by atoms with Gasteiger partial charge in [-0.2, -0.15) is 5.10 Å². The van der Waals surface area contributed by atoms with Gasteiger partial charge in [0.25, 0.3) is 5.91 Å². The van der Waals surface area contributed by atoms with Gasteiger partial charge in [-0.25, -0.2) is 5.43 Å². The Labute approximate surface area is 153 Å². The number of benzene rings is 1. The molecule has 10 heteroatoms. The zero-order chi connectivity index (χ0) is 18.9. The molecule has 0 saturated carbocycles. The molecule has 0 atom stereocenters. The summed E-state index contributed by atoms with van der Waals surface area (Å²) in [6.45, 7) is -0.207. The van der Waals surface area contributed by atoms with Crippen molar-refractivity contribution in [1.29, 1.82) is 0 Å². The summed E-state index contributed by atoms with van der Waals surface area (Å²) in [6, 6.07) is 7.95. The van der Waals surface area contributed by atoms with Gasteiger partial charge in [-0.1, -0.05) is 11.6 Å². The first-order valence-electron chi connectivity index (χ1n) is 7.30. The van der Waals surface area contributed by atoms with Crippen LogP contribution in [0.15, 0.2) is 46.1 Å². The first-order chi connectivity index (χ1) is 12.5. The molecule has 0 spiro atoms. The number of rotatable bonds is 7. The molecule has 0 bridgehead atoms. The predicted octanol–water partition coefficient (Wildman–Crippen LogP) is 0.564. The van der Waals surface area contributed by atoms with Crippen LogP contribution < -0.4 is 21.2 Å². The number of nitrogens with zero attached hydrogens (tertiary/aromatic N) is 1. The van der Waals surface area contributed by atoms with E-state index < -0.39 is 17.7 Å². The molecule has 0 fully saturated rings. The average Bonchev–Trinajstić information content (AvgIpc) is 3.12. The zero-order valence-corrected chi connectivity index (χ0v) is 14.2. The molecule has 4 N–H and O–H groups in total. The highest BCUT2D eigenvalue weighted by Crippen LogP contribution is 2.24. The van der Waals surface area contributed by atoms with Gasteiger partial charge in [0.2, 0.25) is 0 Å². The second-order valence-corrected chi connectivity index (χ2v) is 5.31. The second kappa shape index (κ2) is 9.23. The minimum Gasteiger partial charge on any atom is -0.482 e. The van der Waals surface area contributed by atoms with E-state index in [1.54, 1.807) is 18.2 Å². The number of hydrazone groups is 1. The normalized spacial score (nSPS) is 10.5. The number of carbonyl (C=O) groups excluding carboxylic acids is 3. The maximum Gasteiger partial charge on any atom is 0.329 e. The van der Waals surface area contributed by atoms with Gasteiger partial charge in [0.05, 0.1) is 24.0 Å². The van der Waals surface area contributed by atoms with E-state index in [2.05, 4.69) is 15.8 Å². The maximum atomic E-state index is 11.6. The largest absolute Gasteiger partial charge is 0.482 e. The number of amides is 3. The molecule has 0 aliphatic rings. The van der Waals surface area contributed by atoms with Gasteiger partial charge in [0.15, 0.2) is 6.61 Å². The zero-order valence-electron chi connectivity index (χ0n) is 13.4. The van der Waals surface area contributed by atoms with Crippen LogP contribution in [0.5, 0.6) is 5.75 Å². The van der Waals surface area contributed by atoms with E-state index in [0.717, 1.165) is 0 Å². The van der Waals surface area contributed by atoms with Crippen molar-refractivity contribution in [1.82, 2.24) is 10.7 Å². The number of carbonyl (C=O) groups is 3. The molecule has 136 valence electrons. The maximum absolute atomic E-state index is 11.6. The molecule has 26 heavy (non-hydrogen) atoms. The number of hydrogen-bond donors (Lipinski definition) is 3. The van der Waals surface area contributed by atoms with E-state index in [9.17, 15) is 14.4 Å². The van der Waals surface area contributed by atoms with Gasteiger partial charge in [-0.05, 0) is 35.9 Å². The number of hydrogen-bond acceptors (Lipinski definition) is 6. The summed E-state index contributed by atoms with van der Waals surface area (Å²) in [5.41, 5.74) is 7.61. The monoisotopic (exact) mass is 378 g/mol. The molecule has 1 aromatic heterocycles. The number of ether oxygens (including phenoxy) is 1. The van der Waals surface area contributed by atoms with Crippen LogP contribution in [0.2, 0.25) is 5.02 Å². The van der Waals surface area contributed by atoms with Gasteiger partial charge in [0, 0.05) is 0 Å². The fourth-order valence-corrected chi connectivity index (χ4v) is 1.98. The van der Waals surface area contributed by atoms with Crippen LogP contribution in [0.4, 0.5) is 0 Å². The van der Waals surface area contributed by atoms with Crippen LogP contribution in [0.1, 0.15) is 11.3 Å². The Morgan fingerprint density at radius 3 is 2.73 bits per heavy atom. The molecule has 0 saturated heterocycles. The highest BCUT2D eigenvalue weighted by Gasteiger charge is 2.12. The lowest BCUT2D eigenvalue weighted by atomic mass is 10.2. The Morgan fingerprint density at radius 2 is 2.08 bits per heavy atom. The van der Waals surface area contributed by atoms with E-state index in [0.29, 0.717) is 11.3 Å². The summed E-state index contributed by atoms with van der Waals surface area (Å²) >= 11 is 6.00. The summed E-state index contributed by atoms with van der Waals surface area (Å²) in [5.74, 6) is -1.61. The van der Waals surface area contributed by atoms with E-state index in [1.807, 2.05) is 0 Å². The lowest BCUT2D eigenvalue weighted by Crippen LogP contribution is -2.37. The van der Waals surface area contributed by atoms with Crippen molar-refractivity contribution in [2.45, 2.75) is 6.54 Å². The van der Waals surface area contributed by atoms with Crippen LogP contribution in [0.3, 0.4) is 0 Å². The van der Waals surface area contributed by atoms with Crippen LogP contribution in [0, 0.1) is 0 Å². The molecule has 3 amide bonds. The van der Waals surface area contributed by atoms with E-state index in [4.69, 9.17) is 26.5 Å². The Hall–Kier alpha value is -3.33. The van der Waals surface area contributed by atoms with Crippen molar-refractivity contribution in [3.05, 3.63) is 52.9 Å². The molecular formula is C16H15ClN4O5.